The lowest BCUT2D eigenvalue weighted by atomic mass is 10.1. The fourth-order valence-electron chi connectivity index (χ4n) is 1.93. The molecule has 1 aromatic rings. The molecule has 7 nitrogen and oxygen atoms in total. The molecule has 1 aromatic carbocycles. The Morgan fingerprint density at radius 1 is 1.17 bits per heavy atom. The minimum absolute atomic E-state index is 0.0226. The first-order chi connectivity index (χ1) is 10.5. The molecule has 0 bridgehead atoms. The molecule has 0 heterocycles. The van der Waals surface area contributed by atoms with E-state index in [1.54, 1.807) is 13.8 Å². The van der Waals surface area contributed by atoms with Crippen molar-refractivity contribution in [2.24, 2.45) is 5.92 Å². The first-order valence-electron chi connectivity index (χ1n) is 7.07. The van der Waals surface area contributed by atoms with Gasteiger partial charge in [-0.2, -0.15) is 4.72 Å². The summed E-state index contributed by atoms with van der Waals surface area (Å²) in [5.41, 5.74) is 0. The second-order valence-corrected chi connectivity index (χ2v) is 9.51. The van der Waals surface area contributed by atoms with Gasteiger partial charge < -0.3 is 5.11 Å². The molecule has 0 aliphatic carbocycles. The van der Waals surface area contributed by atoms with Crippen molar-refractivity contribution in [2.45, 2.75) is 43.0 Å². The van der Waals surface area contributed by atoms with Crippen LogP contribution in [0, 0.1) is 5.92 Å². The molecule has 0 aliphatic rings. The van der Waals surface area contributed by atoms with Crippen molar-refractivity contribution in [1.29, 1.82) is 0 Å². The summed E-state index contributed by atoms with van der Waals surface area (Å²) >= 11 is 0. The van der Waals surface area contributed by atoms with E-state index in [4.69, 9.17) is 5.11 Å². The van der Waals surface area contributed by atoms with Crippen LogP contribution in [0.5, 0.6) is 0 Å². The topological polar surface area (TPSA) is 118 Å². The maximum atomic E-state index is 12.3. The molecule has 2 N–H and O–H groups in total. The third-order valence-corrected chi connectivity index (χ3v) is 6.36. The highest BCUT2D eigenvalue weighted by Gasteiger charge is 2.27. The highest BCUT2D eigenvalue weighted by atomic mass is 32.2. The van der Waals surface area contributed by atoms with Crippen LogP contribution < -0.4 is 4.72 Å². The van der Waals surface area contributed by atoms with Crippen molar-refractivity contribution < 1.29 is 26.7 Å². The van der Waals surface area contributed by atoms with Crippen LogP contribution in [0.15, 0.2) is 34.1 Å². The zero-order chi connectivity index (χ0) is 17.8. The van der Waals surface area contributed by atoms with E-state index in [1.165, 1.54) is 25.1 Å². The van der Waals surface area contributed by atoms with Gasteiger partial charge in [0.2, 0.25) is 10.0 Å². The van der Waals surface area contributed by atoms with Gasteiger partial charge in [-0.25, -0.2) is 16.8 Å². The summed E-state index contributed by atoms with van der Waals surface area (Å²) in [7, 11) is -7.69. The lowest BCUT2D eigenvalue weighted by molar-refractivity contribution is -0.139. The largest absolute Gasteiger partial charge is 0.480 e. The average molecular weight is 363 g/mol. The number of nitrogens with one attached hydrogen (secondary N) is 1. The predicted octanol–water partition coefficient (Wildman–Crippen LogP) is 1.26. The van der Waals surface area contributed by atoms with Crippen LogP contribution in [0.3, 0.4) is 0 Å². The van der Waals surface area contributed by atoms with Crippen molar-refractivity contribution in [3.63, 3.8) is 0 Å². The standard InChI is InChI=1S/C14H21NO6S2/c1-4-22(18,19)11-6-5-7-12(9-11)23(20,21)15-13(14(16)17)8-10(2)3/h5-7,9-10,13,15H,4,8H2,1-3H3,(H,16,17). The monoisotopic (exact) mass is 363 g/mol. The molecule has 0 saturated carbocycles. The van der Waals surface area contributed by atoms with Crippen LogP contribution in [0.25, 0.3) is 0 Å². The number of sulfone groups is 1. The van der Waals surface area contributed by atoms with Crippen LogP contribution in [0.4, 0.5) is 0 Å². The van der Waals surface area contributed by atoms with E-state index in [-0.39, 0.29) is 27.9 Å². The van der Waals surface area contributed by atoms with E-state index in [0.717, 1.165) is 6.07 Å². The molecule has 0 saturated heterocycles. The van der Waals surface area contributed by atoms with Crippen LogP contribution in [0.1, 0.15) is 27.2 Å². The van der Waals surface area contributed by atoms with Crippen LogP contribution in [0.2, 0.25) is 0 Å². The quantitative estimate of drug-likeness (QED) is 0.718. The van der Waals surface area contributed by atoms with E-state index >= 15 is 0 Å². The third-order valence-electron chi connectivity index (χ3n) is 3.16. The van der Waals surface area contributed by atoms with Gasteiger partial charge in [0.05, 0.1) is 15.5 Å². The minimum Gasteiger partial charge on any atom is -0.480 e. The maximum Gasteiger partial charge on any atom is 0.321 e. The van der Waals surface area contributed by atoms with Gasteiger partial charge in [0.25, 0.3) is 0 Å². The molecule has 0 radical (unpaired) electrons. The molecule has 0 aromatic heterocycles. The maximum absolute atomic E-state index is 12.3. The summed E-state index contributed by atoms with van der Waals surface area (Å²) in [5, 5.41) is 9.13. The Morgan fingerprint density at radius 2 is 1.74 bits per heavy atom. The molecule has 0 amide bonds. The Bertz CT molecular complexity index is 768. The van der Waals surface area contributed by atoms with E-state index in [9.17, 15) is 21.6 Å². The van der Waals surface area contributed by atoms with E-state index in [0.29, 0.717) is 0 Å². The van der Waals surface area contributed by atoms with Crippen molar-refractivity contribution in [1.82, 2.24) is 4.72 Å². The number of carboxylic acid groups (broad SMARTS) is 1. The first kappa shape index (κ1) is 19.6. The summed E-state index contributed by atoms with van der Waals surface area (Å²) in [5.74, 6) is -1.46. The summed E-state index contributed by atoms with van der Waals surface area (Å²) in [4.78, 5) is 10.8. The summed E-state index contributed by atoms with van der Waals surface area (Å²) in [6, 6.07) is 3.61. The van der Waals surface area contributed by atoms with Crippen molar-refractivity contribution >= 4 is 25.8 Å². The smallest absolute Gasteiger partial charge is 0.321 e. The van der Waals surface area contributed by atoms with Crippen LogP contribution in [-0.4, -0.2) is 39.7 Å². The van der Waals surface area contributed by atoms with E-state index < -0.39 is 31.9 Å². The number of sulfonamides is 1. The molecule has 0 aliphatic heterocycles. The molecule has 1 unspecified atom stereocenters. The Balaban J connectivity index is 3.18. The Labute approximate surface area is 136 Å². The first-order valence-corrected chi connectivity index (χ1v) is 10.2. The fourth-order valence-corrected chi connectivity index (χ4v) is 4.18. The van der Waals surface area contributed by atoms with Gasteiger partial charge >= 0.3 is 5.97 Å². The molecule has 0 fully saturated rings. The summed E-state index contributed by atoms with van der Waals surface area (Å²) in [6.45, 7) is 5.01. The zero-order valence-corrected chi connectivity index (χ0v) is 14.8. The number of benzene rings is 1. The number of aliphatic carboxylic acids is 1. The molecule has 130 valence electrons. The lowest BCUT2D eigenvalue weighted by Crippen LogP contribution is -2.41. The second-order valence-electron chi connectivity index (χ2n) is 5.52. The van der Waals surface area contributed by atoms with Gasteiger partial charge in [-0.3, -0.25) is 4.79 Å². The SMILES string of the molecule is CCS(=O)(=O)c1cccc(S(=O)(=O)NC(CC(C)C)C(=O)O)c1. The minimum atomic E-state index is -4.14. The average Bonchev–Trinajstić information content (AvgIpc) is 2.46. The van der Waals surface area contributed by atoms with Crippen molar-refractivity contribution in [3.8, 4) is 0 Å². The Kier molecular flexibility index (Phi) is 6.32. The van der Waals surface area contributed by atoms with Gasteiger partial charge in [0.15, 0.2) is 9.84 Å². The Hall–Kier alpha value is -1.45. The zero-order valence-electron chi connectivity index (χ0n) is 13.2. The molecular weight excluding hydrogens is 342 g/mol. The number of hydrogen-bond acceptors (Lipinski definition) is 5. The van der Waals surface area contributed by atoms with E-state index in [2.05, 4.69) is 4.72 Å². The summed E-state index contributed by atoms with van der Waals surface area (Å²) in [6.07, 6.45) is 0.127. The number of hydrogen-bond donors (Lipinski definition) is 2. The van der Waals surface area contributed by atoms with Crippen LogP contribution in [-0.2, 0) is 24.7 Å². The summed E-state index contributed by atoms with van der Waals surface area (Å²) < 4.78 is 50.5. The third kappa shape index (κ3) is 5.29. The fraction of sp³-hybridized carbons (Fsp3) is 0.500. The Morgan fingerprint density at radius 3 is 2.22 bits per heavy atom. The van der Waals surface area contributed by atoms with Gasteiger partial charge in [0, 0.05) is 0 Å². The van der Waals surface area contributed by atoms with Gasteiger partial charge in [0.1, 0.15) is 6.04 Å². The molecule has 0 spiro atoms. The van der Waals surface area contributed by atoms with Crippen LogP contribution >= 0.6 is 0 Å². The highest BCUT2D eigenvalue weighted by molar-refractivity contribution is 7.91. The predicted molar refractivity (Wildman–Crippen MR) is 85.4 cm³/mol. The number of carboxylic acids is 1. The van der Waals surface area contributed by atoms with Crippen molar-refractivity contribution in [3.05, 3.63) is 24.3 Å². The lowest BCUT2D eigenvalue weighted by Gasteiger charge is -2.17. The normalized spacial score (nSPS) is 13.9. The molecule has 1 atom stereocenters. The van der Waals surface area contributed by atoms with E-state index in [1.807, 2.05) is 0 Å². The van der Waals surface area contributed by atoms with Gasteiger partial charge in [-0.1, -0.05) is 26.8 Å². The number of carbonyl (C=O) groups is 1. The molecular formula is C14H21NO6S2. The molecule has 1 rings (SSSR count). The molecule has 9 heteroatoms. The number of rotatable bonds is 8. The molecule has 23 heavy (non-hydrogen) atoms. The second kappa shape index (κ2) is 7.41. The van der Waals surface area contributed by atoms with Crippen molar-refractivity contribution in [2.75, 3.05) is 5.75 Å². The van der Waals surface area contributed by atoms with Gasteiger partial charge in [-0.05, 0) is 30.5 Å². The highest BCUT2D eigenvalue weighted by Crippen LogP contribution is 2.18. The van der Waals surface area contributed by atoms with Gasteiger partial charge in [-0.15, -0.1) is 0 Å².